The molecule has 0 aliphatic carbocycles. The van der Waals surface area contributed by atoms with Gasteiger partial charge in [0.25, 0.3) is 5.91 Å². The number of esters is 1. The minimum atomic E-state index is -4.34. The summed E-state index contributed by atoms with van der Waals surface area (Å²) in [4.78, 5) is 29.6. The molecule has 3 saturated heterocycles. The van der Waals surface area contributed by atoms with Gasteiger partial charge < -0.3 is 19.3 Å². The number of alkyl halides is 3. The Morgan fingerprint density at radius 1 is 0.919 bits per heavy atom. The molecule has 3 aliphatic rings. The first kappa shape index (κ1) is 25.6. The molecule has 3 heterocycles. The first-order chi connectivity index (χ1) is 17.5. The topological polar surface area (TPSA) is 59.1 Å². The van der Waals surface area contributed by atoms with Gasteiger partial charge in [-0.1, -0.05) is 12.1 Å². The molecule has 0 aromatic heterocycles. The van der Waals surface area contributed by atoms with Crippen molar-refractivity contribution in [3.05, 3.63) is 65.2 Å². The summed E-state index contributed by atoms with van der Waals surface area (Å²) < 4.78 is 49.1. The first-order valence-electron chi connectivity index (χ1n) is 12.6. The van der Waals surface area contributed by atoms with Crippen molar-refractivity contribution in [3.63, 3.8) is 0 Å². The molecule has 0 spiro atoms. The Balaban J connectivity index is 1.14. The summed E-state index contributed by atoms with van der Waals surface area (Å²) in [6.07, 6.45) is -4.00. The van der Waals surface area contributed by atoms with Crippen molar-refractivity contribution < 1.29 is 32.2 Å². The number of rotatable bonds is 6. The molecule has 6 nitrogen and oxygen atoms in total. The average Bonchev–Trinajstić information content (AvgIpc) is 3.40. The van der Waals surface area contributed by atoms with Crippen LogP contribution >= 0.6 is 0 Å². The van der Waals surface area contributed by atoms with Gasteiger partial charge in [0.1, 0.15) is 6.10 Å². The molecule has 198 valence electrons. The van der Waals surface area contributed by atoms with E-state index < -0.39 is 17.2 Å². The SMILES string of the molecule is CC(C)(Cc1ccc(C(=O)N2CC3CN(c4ccc(C(F)(F)F)cc4)CC3C2)cc1)C(=O)OC1COC1. The molecule has 2 aromatic rings. The van der Waals surface area contributed by atoms with Crippen molar-refractivity contribution >= 4 is 17.6 Å². The van der Waals surface area contributed by atoms with Crippen molar-refractivity contribution in [1.29, 1.82) is 0 Å². The maximum atomic E-state index is 13.1. The highest BCUT2D eigenvalue weighted by molar-refractivity contribution is 5.94. The number of halogens is 3. The molecule has 0 saturated carbocycles. The molecule has 2 unspecified atom stereocenters. The molecule has 2 atom stereocenters. The van der Waals surface area contributed by atoms with Crippen LogP contribution in [0.25, 0.3) is 0 Å². The molecule has 0 N–H and O–H groups in total. The Kier molecular flexibility index (Phi) is 6.68. The highest BCUT2D eigenvalue weighted by Crippen LogP contribution is 2.36. The molecular formula is C28H31F3N2O4. The number of hydrogen-bond donors (Lipinski definition) is 0. The van der Waals surface area contributed by atoms with E-state index in [1.165, 1.54) is 12.1 Å². The van der Waals surface area contributed by atoms with Gasteiger partial charge in [-0.25, -0.2) is 0 Å². The second kappa shape index (κ2) is 9.67. The molecule has 2 aromatic carbocycles. The Hall–Kier alpha value is -3.07. The van der Waals surface area contributed by atoms with Crippen molar-refractivity contribution in [2.75, 3.05) is 44.3 Å². The summed E-state index contributed by atoms with van der Waals surface area (Å²) in [6.45, 7) is 7.30. The van der Waals surface area contributed by atoms with Gasteiger partial charge in [-0.3, -0.25) is 9.59 Å². The maximum absolute atomic E-state index is 13.1. The fraction of sp³-hybridized carbons (Fsp3) is 0.500. The third-order valence-corrected chi connectivity index (χ3v) is 7.61. The van der Waals surface area contributed by atoms with Gasteiger partial charge >= 0.3 is 12.1 Å². The predicted molar refractivity (Wildman–Crippen MR) is 131 cm³/mol. The van der Waals surface area contributed by atoms with Crippen LogP contribution in [0.4, 0.5) is 18.9 Å². The largest absolute Gasteiger partial charge is 0.457 e. The highest BCUT2D eigenvalue weighted by atomic mass is 19.4. The second-order valence-electron chi connectivity index (χ2n) is 11.0. The third kappa shape index (κ3) is 5.46. The van der Waals surface area contributed by atoms with E-state index in [-0.39, 0.29) is 18.0 Å². The van der Waals surface area contributed by atoms with E-state index in [0.29, 0.717) is 50.1 Å². The molecular weight excluding hydrogens is 485 g/mol. The predicted octanol–water partition coefficient (Wildman–Crippen LogP) is 4.42. The van der Waals surface area contributed by atoms with Crippen LogP contribution in [0.15, 0.2) is 48.5 Å². The number of ether oxygens (including phenoxy) is 2. The standard InChI is InChI=1S/C28H31F3N2O4/c1-27(2,26(35)37-24-16-36-17-24)11-18-3-5-19(6-4-18)25(34)33-14-20-12-32(13-21(20)15-33)23-9-7-22(8-10-23)28(29,30)31/h3-10,20-21,24H,11-17H2,1-2H3. The Bertz CT molecular complexity index is 1130. The number of anilines is 1. The van der Waals surface area contributed by atoms with Gasteiger partial charge in [-0.05, 0) is 62.2 Å². The molecule has 9 heteroatoms. The van der Waals surface area contributed by atoms with Crippen LogP contribution in [-0.2, 0) is 26.9 Å². The lowest BCUT2D eigenvalue weighted by Gasteiger charge is -2.30. The van der Waals surface area contributed by atoms with E-state index in [4.69, 9.17) is 9.47 Å². The zero-order valence-corrected chi connectivity index (χ0v) is 21.0. The van der Waals surface area contributed by atoms with E-state index in [0.717, 1.165) is 36.5 Å². The van der Waals surface area contributed by atoms with Crippen LogP contribution in [-0.4, -0.2) is 62.3 Å². The zero-order chi connectivity index (χ0) is 26.4. The minimum Gasteiger partial charge on any atom is -0.457 e. The van der Waals surface area contributed by atoms with Crippen LogP contribution < -0.4 is 4.90 Å². The smallest absolute Gasteiger partial charge is 0.416 e. The summed E-state index contributed by atoms with van der Waals surface area (Å²) in [5, 5.41) is 0. The number of benzene rings is 2. The Labute approximate surface area is 214 Å². The first-order valence-corrected chi connectivity index (χ1v) is 12.6. The Morgan fingerprint density at radius 2 is 1.51 bits per heavy atom. The van der Waals surface area contributed by atoms with Crippen molar-refractivity contribution in [1.82, 2.24) is 4.90 Å². The molecule has 3 fully saturated rings. The molecule has 0 radical (unpaired) electrons. The summed E-state index contributed by atoms with van der Waals surface area (Å²) >= 11 is 0. The normalized spacial score (nSPS) is 22.1. The summed E-state index contributed by atoms with van der Waals surface area (Å²) in [5.74, 6) is 0.303. The number of carbonyl (C=O) groups is 2. The number of nitrogens with zero attached hydrogens (tertiary/aromatic N) is 2. The maximum Gasteiger partial charge on any atom is 0.416 e. The van der Waals surface area contributed by atoms with Crippen molar-refractivity contribution in [2.24, 2.45) is 17.3 Å². The van der Waals surface area contributed by atoms with Gasteiger partial charge in [0.15, 0.2) is 0 Å². The Morgan fingerprint density at radius 3 is 2.03 bits per heavy atom. The van der Waals surface area contributed by atoms with Gasteiger partial charge in [-0.2, -0.15) is 13.2 Å². The average molecular weight is 517 g/mol. The fourth-order valence-electron chi connectivity index (χ4n) is 5.35. The zero-order valence-electron chi connectivity index (χ0n) is 21.0. The lowest BCUT2D eigenvalue weighted by atomic mass is 9.85. The van der Waals surface area contributed by atoms with E-state index in [1.54, 1.807) is 0 Å². The number of hydrogen-bond acceptors (Lipinski definition) is 5. The summed E-state index contributed by atoms with van der Waals surface area (Å²) in [5.41, 5.74) is 1.01. The number of fused-ring (bicyclic) bond motifs is 1. The van der Waals surface area contributed by atoms with Gasteiger partial charge in [0, 0.05) is 49.3 Å². The molecule has 3 aliphatic heterocycles. The van der Waals surface area contributed by atoms with E-state index in [2.05, 4.69) is 4.90 Å². The van der Waals surface area contributed by atoms with Crippen LogP contribution in [0.3, 0.4) is 0 Å². The van der Waals surface area contributed by atoms with E-state index >= 15 is 0 Å². The van der Waals surface area contributed by atoms with Crippen molar-refractivity contribution in [2.45, 2.75) is 32.5 Å². The lowest BCUT2D eigenvalue weighted by molar-refractivity contribution is -0.181. The number of carbonyl (C=O) groups excluding carboxylic acids is 2. The van der Waals surface area contributed by atoms with Crippen LogP contribution in [0.5, 0.6) is 0 Å². The van der Waals surface area contributed by atoms with Gasteiger partial charge in [-0.15, -0.1) is 0 Å². The van der Waals surface area contributed by atoms with Crippen LogP contribution in [0, 0.1) is 17.3 Å². The number of likely N-dealkylation sites (tertiary alicyclic amines) is 1. The lowest BCUT2D eigenvalue weighted by Crippen LogP contribution is -2.41. The third-order valence-electron chi connectivity index (χ3n) is 7.61. The number of amides is 1. The molecule has 5 rings (SSSR count). The molecule has 37 heavy (non-hydrogen) atoms. The van der Waals surface area contributed by atoms with Crippen molar-refractivity contribution in [3.8, 4) is 0 Å². The highest BCUT2D eigenvalue weighted by Gasteiger charge is 2.42. The van der Waals surface area contributed by atoms with Gasteiger partial charge in [0.05, 0.1) is 24.2 Å². The van der Waals surface area contributed by atoms with E-state index in [9.17, 15) is 22.8 Å². The van der Waals surface area contributed by atoms with E-state index in [1.807, 2.05) is 43.0 Å². The van der Waals surface area contributed by atoms with Crippen LogP contribution in [0.1, 0.15) is 35.3 Å². The molecule has 1 amide bonds. The second-order valence-corrected chi connectivity index (χ2v) is 11.0. The quantitative estimate of drug-likeness (QED) is 0.532. The van der Waals surface area contributed by atoms with Gasteiger partial charge in [0.2, 0.25) is 0 Å². The fourth-order valence-corrected chi connectivity index (χ4v) is 5.35. The molecule has 0 bridgehead atoms. The minimum absolute atomic E-state index is 0.0225. The summed E-state index contributed by atoms with van der Waals surface area (Å²) in [7, 11) is 0. The monoisotopic (exact) mass is 516 g/mol. The summed E-state index contributed by atoms with van der Waals surface area (Å²) in [6, 6.07) is 12.7. The van der Waals surface area contributed by atoms with Crippen LogP contribution in [0.2, 0.25) is 0 Å².